The number of nitrogens with one attached hydrogen (secondary N) is 1. The van der Waals surface area contributed by atoms with Crippen molar-refractivity contribution in [3.8, 4) is 0 Å². The van der Waals surface area contributed by atoms with Crippen molar-refractivity contribution >= 4 is 62.8 Å². The average molecular weight is 560 g/mol. The van der Waals surface area contributed by atoms with E-state index in [2.05, 4.69) is 20.4 Å². The summed E-state index contributed by atoms with van der Waals surface area (Å²) in [4.78, 5) is 53.5. The van der Waals surface area contributed by atoms with Gasteiger partial charge in [-0.15, -0.1) is 11.3 Å². The van der Waals surface area contributed by atoms with Crippen LogP contribution >= 0.6 is 23.1 Å². The molecule has 0 radical (unpaired) electrons. The summed E-state index contributed by atoms with van der Waals surface area (Å²) in [5, 5.41) is 18.6. The fourth-order valence-corrected chi connectivity index (χ4v) is 6.06. The van der Waals surface area contributed by atoms with Gasteiger partial charge in [0.1, 0.15) is 30.7 Å². The number of benzene rings is 1. The Morgan fingerprint density at radius 2 is 2.16 bits per heavy atom. The molecule has 2 atom stereocenters. The summed E-state index contributed by atoms with van der Waals surface area (Å²) in [6.07, 6.45) is 0.799. The van der Waals surface area contributed by atoms with Crippen molar-refractivity contribution in [2.75, 3.05) is 19.0 Å². The molecule has 1 aromatic carbocycles. The van der Waals surface area contributed by atoms with E-state index in [1.807, 2.05) is 35.9 Å². The van der Waals surface area contributed by atoms with Gasteiger partial charge in [0.15, 0.2) is 16.0 Å². The van der Waals surface area contributed by atoms with Gasteiger partial charge in [0.05, 0.1) is 17.1 Å². The normalized spacial score (nSPS) is 19.4. The number of carboxylic acid groups (broad SMARTS) is 1. The number of para-hydroxylation sites is 2. The molecule has 5 rings (SSSR count). The standard InChI is InChI=1S/C23H22FN7O5S2/c1-30-13-5-3-2-4-11(13)27-23(30)38-15-7-6-14-17(20(33)31(14)18(15)21(34)35)28-19(32)16(29-36-9-8-24)12-10-37-22(25)26-12/h2-5,10,14,17H,6-9H2,1H3,(H2,25,26)(H,28,32)(H,34,35)/b29-16+/t14-,17+/m1/s1. The van der Waals surface area contributed by atoms with Crippen LogP contribution in [0.1, 0.15) is 18.5 Å². The summed E-state index contributed by atoms with van der Waals surface area (Å²) in [6.45, 7) is -1.18. The first-order valence-corrected chi connectivity index (χ1v) is 13.2. The summed E-state index contributed by atoms with van der Waals surface area (Å²) < 4.78 is 14.3. The predicted molar refractivity (Wildman–Crippen MR) is 138 cm³/mol. The van der Waals surface area contributed by atoms with Gasteiger partial charge in [-0.05, 0) is 25.0 Å². The molecular formula is C23H22FN7O5S2. The van der Waals surface area contributed by atoms with Gasteiger partial charge in [-0.2, -0.15) is 0 Å². The Balaban J connectivity index is 1.36. The number of rotatable bonds is 9. The third kappa shape index (κ3) is 4.58. The van der Waals surface area contributed by atoms with Gasteiger partial charge in [-0.25, -0.2) is 19.2 Å². The Bertz CT molecular complexity index is 1500. The van der Waals surface area contributed by atoms with Crippen LogP contribution in [0.5, 0.6) is 0 Å². The molecule has 4 heterocycles. The number of thioether (sulfide) groups is 1. The number of aryl methyl sites for hydroxylation is 1. The molecule has 38 heavy (non-hydrogen) atoms. The lowest BCUT2D eigenvalue weighted by molar-refractivity contribution is -0.155. The van der Waals surface area contributed by atoms with Crippen molar-refractivity contribution in [3.63, 3.8) is 0 Å². The van der Waals surface area contributed by atoms with Crippen molar-refractivity contribution in [1.29, 1.82) is 0 Å². The molecule has 0 saturated carbocycles. The molecule has 0 unspecified atom stereocenters. The Morgan fingerprint density at radius 1 is 1.37 bits per heavy atom. The number of nitrogens with zero attached hydrogens (tertiary/aromatic N) is 5. The molecule has 0 bridgehead atoms. The number of alkyl halides is 1. The van der Waals surface area contributed by atoms with E-state index in [9.17, 15) is 23.9 Å². The number of hydrogen-bond donors (Lipinski definition) is 3. The van der Waals surface area contributed by atoms with Crippen molar-refractivity contribution in [3.05, 3.63) is 45.9 Å². The maximum atomic E-state index is 13.1. The van der Waals surface area contributed by atoms with E-state index in [-0.39, 0.29) is 28.8 Å². The number of carbonyl (C=O) groups is 3. The Hall–Kier alpha value is -3.98. The first-order valence-electron chi connectivity index (χ1n) is 11.5. The van der Waals surface area contributed by atoms with Crippen LogP contribution in [0.2, 0.25) is 0 Å². The number of carbonyl (C=O) groups excluding carboxylic acids is 2. The molecule has 1 fully saturated rings. The van der Waals surface area contributed by atoms with Crippen molar-refractivity contribution in [2.24, 2.45) is 12.2 Å². The van der Waals surface area contributed by atoms with Gasteiger partial charge >= 0.3 is 5.97 Å². The highest BCUT2D eigenvalue weighted by Crippen LogP contribution is 2.43. The lowest BCUT2D eigenvalue weighted by atomic mass is 9.86. The zero-order valence-electron chi connectivity index (χ0n) is 20.0. The highest BCUT2D eigenvalue weighted by atomic mass is 32.2. The molecule has 12 nitrogen and oxygen atoms in total. The highest BCUT2D eigenvalue weighted by Gasteiger charge is 2.54. The zero-order chi connectivity index (χ0) is 27.0. The number of fused-ring (bicyclic) bond motifs is 2. The van der Waals surface area contributed by atoms with Gasteiger partial charge in [-0.1, -0.05) is 29.1 Å². The second kappa shape index (κ2) is 10.4. The van der Waals surface area contributed by atoms with Gasteiger partial charge in [0.25, 0.3) is 11.8 Å². The maximum Gasteiger partial charge on any atom is 0.353 e. The fraction of sp³-hybridized carbons (Fsp3) is 0.304. The number of nitrogens with two attached hydrogens (primary N) is 1. The third-order valence-electron chi connectivity index (χ3n) is 6.15. The number of anilines is 1. The van der Waals surface area contributed by atoms with Gasteiger partial charge in [0.2, 0.25) is 0 Å². The summed E-state index contributed by atoms with van der Waals surface area (Å²) in [7, 11) is 1.84. The van der Waals surface area contributed by atoms with E-state index >= 15 is 0 Å². The van der Waals surface area contributed by atoms with Crippen molar-refractivity contribution in [1.82, 2.24) is 24.8 Å². The van der Waals surface area contributed by atoms with E-state index in [0.29, 0.717) is 22.9 Å². The summed E-state index contributed by atoms with van der Waals surface area (Å²) in [5.74, 6) is -2.58. The monoisotopic (exact) mass is 559 g/mol. The lowest BCUT2D eigenvalue weighted by Crippen LogP contribution is -2.72. The minimum absolute atomic E-state index is 0.114. The van der Waals surface area contributed by atoms with Crippen molar-refractivity contribution in [2.45, 2.75) is 30.1 Å². The molecule has 0 spiro atoms. The second-order valence-corrected chi connectivity index (χ2v) is 10.4. The van der Waals surface area contributed by atoms with Crippen LogP contribution in [0.25, 0.3) is 11.0 Å². The number of aromatic nitrogens is 3. The van der Waals surface area contributed by atoms with Crippen LogP contribution in [0, 0.1) is 0 Å². The number of imidazole rings is 1. The number of halogens is 1. The Labute approximate surface area is 223 Å². The molecule has 4 N–H and O–H groups in total. The maximum absolute atomic E-state index is 13.1. The summed E-state index contributed by atoms with van der Waals surface area (Å²) >= 11 is 2.28. The van der Waals surface area contributed by atoms with Crippen LogP contribution in [0.3, 0.4) is 0 Å². The molecule has 15 heteroatoms. The van der Waals surface area contributed by atoms with Crippen LogP contribution < -0.4 is 11.1 Å². The average Bonchev–Trinajstić information content (AvgIpc) is 3.47. The summed E-state index contributed by atoms with van der Waals surface area (Å²) in [5.41, 5.74) is 7.06. The predicted octanol–water partition coefficient (Wildman–Crippen LogP) is 1.88. The van der Waals surface area contributed by atoms with Crippen LogP contribution in [0.15, 0.2) is 50.6 Å². The zero-order valence-corrected chi connectivity index (χ0v) is 21.6. The van der Waals surface area contributed by atoms with Crippen LogP contribution in [0.4, 0.5) is 9.52 Å². The van der Waals surface area contributed by atoms with E-state index in [1.54, 1.807) is 0 Å². The number of amides is 2. The molecule has 2 aromatic heterocycles. The number of thiazole rings is 1. The van der Waals surface area contributed by atoms with Crippen molar-refractivity contribution < 1.29 is 28.7 Å². The molecule has 1 saturated heterocycles. The third-order valence-corrected chi connectivity index (χ3v) is 8.01. The number of nitrogen functional groups attached to an aromatic ring is 1. The van der Waals surface area contributed by atoms with Crippen LogP contribution in [-0.2, 0) is 26.3 Å². The molecule has 198 valence electrons. The minimum atomic E-state index is -1.24. The quantitative estimate of drug-likeness (QED) is 0.154. The van der Waals surface area contributed by atoms with E-state index in [0.717, 1.165) is 22.4 Å². The number of hydrogen-bond acceptors (Lipinski definition) is 10. The first-order chi connectivity index (χ1) is 18.3. The van der Waals surface area contributed by atoms with Gasteiger partial charge < -0.3 is 25.6 Å². The fourth-order valence-electron chi connectivity index (χ4n) is 4.41. The highest BCUT2D eigenvalue weighted by molar-refractivity contribution is 8.03. The Kier molecular flexibility index (Phi) is 7.03. The molecule has 0 aliphatic carbocycles. The van der Waals surface area contributed by atoms with E-state index in [1.165, 1.54) is 22.0 Å². The largest absolute Gasteiger partial charge is 0.477 e. The minimum Gasteiger partial charge on any atom is -0.477 e. The molecular weight excluding hydrogens is 537 g/mol. The number of carboxylic acids is 1. The number of allylic oxidation sites excluding steroid dienone is 1. The molecule has 3 aromatic rings. The van der Waals surface area contributed by atoms with E-state index < -0.39 is 36.5 Å². The van der Waals surface area contributed by atoms with E-state index in [4.69, 9.17) is 10.6 Å². The van der Waals surface area contributed by atoms with Gasteiger partial charge in [0, 0.05) is 17.3 Å². The number of aliphatic carboxylic acids is 1. The SMILES string of the molecule is Cn1c(SC2=C(C(=O)O)N3C(=O)[C@@H](NC(=O)/C(=N/OCCF)c4csc(N)n4)[C@H]3CC2)nc2ccccc21. The topological polar surface area (TPSA) is 165 Å². The van der Waals surface area contributed by atoms with Crippen LogP contribution in [-0.4, -0.2) is 73.4 Å². The first kappa shape index (κ1) is 25.7. The second-order valence-electron chi connectivity index (χ2n) is 8.42. The smallest absolute Gasteiger partial charge is 0.353 e. The van der Waals surface area contributed by atoms with Gasteiger partial charge in [-0.3, -0.25) is 14.5 Å². The molecule has 2 aliphatic rings. The number of oxime groups is 1. The molecule has 2 aliphatic heterocycles. The Morgan fingerprint density at radius 3 is 2.84 bits per heavy atom. The number of β-lactam (4-membered cyclic amide) rings is 1. The lowest BCUT2D eigenvalue weighted by Gasteiger charge is -2.50. The molecule has 2 amide bonds. The summed E-state index contributed by atoms with van der Waals surface area (Å²) in [6, 6.07) is 6.02.